The van der Waals surface area contributed by atoms with E-state index in [1.807, 2.05) is 6.21 Å². The molecule has 0 saturated heterocycles. The average Bonchev–Trinajstić information content (AvgIpc) is 2.33. The van der Waals surface area contributed by atoms with E-state index in [1.165, 1.54) is 43.2 Å². The molecule has 0 spiro atoms. The number of nitrogens with zero attached hydrogens (tertiary/aromatic N) is 1. The van der Waals surface area contributed by atoms with Gasteiger partial charge in [0.2, 0.25) is 0 Å². The zero-order valence-corrected chi connectivity index (χ0v) is 10.2. The molecular weight excluding hydrogens is 194 g/mol. The first-order chi connectivity index (χ1) is 7.84. The maximum atomic E-state index is 4.57. The van der Waals surface area contributed by atoms with Crippen LogP contribution in [0.4, 0.5) is 0 Å². The Hall–Kier alpha value is -1.11. The van der Waals surface area contributed by atoms with Crippen molar-refractivity contribution in [3.8, 4) is 0 Å². The second kappa shape index (κ2) is 5.83. The molecule has 1 nitrogen and oxygen atoms in total. The molecule has 0 aliphatic heterocycles. The van der Waals surface area contributed by atoms with E-state index < -0.39 is 0 Å². The summed E-state index contributed by atoms with van der Waals surface area (Å²) in [5.41, 5.74) is 2.53. The lowest BCUT2D eigenvalue weighted by atomic mass is 9.89. The maximum absolute atomic E-state index is 4.57. The fourth-order valence-corrected chi connectivity index (χ4v) is 2.33. The van der Waals surface area contributed by atoms with Gasteiger partial charge in [0.25, 0.3) is 0 Å². The molecule has 0 bridgehead atoms. The van der Waals surface area contributed by atoms with Gasteiger partial charge in [0.1, 0.15) is 0 Å². The molecule has 0 atom stereocenters. The summed E-state index contributed by atoms with van der Waals surface area (Å²) in [6, 6.07) is 8.56. The summed E-state index contributed by atoms with van der Waals surface area (Å²) >= 11 is 0. The summed E-state index contributed by atoms with van der Waals surface area (Å²) in [5, 5.41) is 0. The first-order valence-electron chi connectivity index (χ1n) is 6.41. The summed E-state index contributed by atoms with van der Waals surface area (Å²) in [5.74, 6) is 0.843. The van der Waals surface area contributed by atoms with Crippen molar-refractivity contribution >= 4 is 6.21 Å². The third kappa shape index (κ3) is 3.48. The van der Waals surface area contributed by atoms with Crippen LogP contribution in [0.1, 0.15) is 43.2 Å². The van der Waals surface area contributed by atoms with Crippen LogP contribution < -0.4 is 0 Å². The van der Waals surface area contributed by atoms with Crippen LogP contribution in [-0.4, -0.2) is 12.8 Å². The molecule has 0 amide bonds. The van der Waals surface area contributed by atoms with Crippen LogP contribution in [0.2, 0.25) is 0 Å². The van der Waals surface area contributed by atoms with Gasteiger partial charge >= 0.3 is 0 Å². The first kappa shape index (κ1) is 11.4. The largest absolute Gasteiger partial charge is 0.292 e. The van der Waals surface area contributed by atoms with Crippen LogP contribution in [0.25, 0.3) is 0 Å². The Morgan fingerprint density at radius 3 is 2.50 bits per heavy atom. The molecule has 1 heteroatoms. The van der Waals surface area contributed by atoms with Crippen molar-refractivity contribution in [1.82, 2.24) is 0 Å². The van der Waals surface area contributed by atoms with Crippen LogP contribution in [0, 0.1) is 12.8 Å². The van der Waals surface area contributed by atoms with Gasteiger partial charge in [-0.15, -0.1) is 0 Å². The highest BCUT2D eigenvalue weighted by molar-refractivity contribution is 5.79. The molecule has 86 valence electrons. The van der Waals surface area contributed by atoms with Crippen LogP contribution in [0.3, 0.4) is 0 Å². The van der Waals surface area contributed by atoms with Gasteiger partial charge in [-0.2, -0.15) is 0 Å². The molecular formula is C15H21N. The third-order valence-electron chi connectivity index (χ3n) is 3.41. The average molecular weight is 215 g/mol. The number of aryl methyl sites for hydroxylation is 1. The molecule has 1 fully saturated rings. The summed E-state index contributed by atoms with van der Waals surface area (Å²) in [6.07, 6.45) is 9.03. The van der Waals surface area contributed by atoms with Crippen molar-refractivity contribution in [3.63, 3.8) is 0 Å². The monoisotopic (exact) mass is 215 g/mol. The molecule has 0 heterocycles. The van der Waals surface area contributed by atoms with Crippen molar-refractivity contribution in [2.24, 2.45) is 10.9 Å². The lowest BCUT2D eigenvalue weighted by Crippen LogP contribution is -2.09. The summed E-state index contributed by atoms with van der Waals surface area (Å²) in [6.45, 7) is 3.14. The highest BCUT2D eigenvalue weighted by Crippen LogP contribution is 2.23. The summed E-state index contributed by atoms with van der Waals surface area (Å²) < 4.78 is 0. The molecule has 0 aromatic heterocycles. The van der Waals surface area contributed by atoms with Gasteiger partial charge in [-0.25, -0.2) is 0 Å². The smallest absolute Gasteiger partial charge is 0.0417 e. The Labute approximate surface area is 98.6 Å². The van der Waals surface area contributed by atoms with Crippen LogP contribution in [0.5, 0.6) is 0 Å². The van der Waals surface area contributed by atoms with E-state index in [1.54, 1.807) is 0 Å². The van der Waals surface area contributed by atoms with E-state index in [4.69, 9.17) is 0 Å². The second-order valence-electron chi connectivity index (χ2n) is 4.91. The fourth-order valence-electron chi connectivity index (χ4n) is 2.33. The fraction of sp³-hybridized carbons (Fsp3) is 0.533. The van der Waals surface area contributed by atoms with Crippen molar-refractivity contribution < 1.29 is 0 Å². The molecule has 0 radical (unpaired) electrons. The standard InChI is InChI=1S/C15H21N/c1-13-7-9-15(10-8-13)12-16-11-14-5-3-2-4-6-14/h7-10,12,14H,2-6,11H2,1H3. The Bertz CT molecular complexity index is 331. The van der Waals surface area contributed by atoms with Gasteiger partial charge in [-0.1, -0.05) is 49.1 Å². The van der Waals surface area contributed by atoms with Crippen molar-refractivity contribution in [3.05, 3.63) is 35.4 Å². The third-order valence-corrected chi connectivity index (χ3v) is 3.41. The topological polar surface area (TPSA) is 12.4 Å². The quantitative estimate of drug-likeness (QED) is 0.676. The molecule has 1 aliphatic carbocycles. The minimum Gasteiger partial charge on any atom is -0.292 e. The Morgan fingerprint density at radius 2 is 1.81 bits per heavy atom. The highest BCUT2D eigenvalue weighted by Gasteiger charge is 2.11. The molecule has 1 aromatic carbocycles. The highest BCUT2D eigenvalue weighted by atomic mass is 14.7. The van der Waals surface area contributed by atoms with E-state index in [0.29, 0.717) is 0 Å². The van der Waals surface area contributed by atoms with E-state index in [2.05, 4.69) is 36.2 Å². The number of hydrogen-bond acceptors (Lipinski definition) is 1. The Kier molecular flexibility index (Phi) is 4.15. The lowest BCUT2D eigenvalue weighted by molar-refractivity contribution is 0.367. The number of rotatable bonds is 3. The van der Waals surface area contributed by atoms with Crippen molar-refractivity contribution in [1.29, 1.82) is 0 Å². The predicted octanol–water partition coefficient (Wildman–Crippen LogP) is 3.99. The summed E-state index contributed by atoms with van der Waals surface area (Å²) in [7, 11) is 0. The molecule has 0 N–H and O–H groups in total. The minimum absolute atomic E-state index is 0.843. The second-order valence-corrected chi connectivity index (χ2v) is 4.91. The number of hydrogen-bond donors (Lipinski definition) is 0. The first-order valence-corrected chi connectivity index (χ1v) is 6.41. The van der Waals surface area contributed by atoms with Crippen LogP contribution >= 0.6 is 0 Å². The molecule has 1 aromatic rings. The van der Waals surface area contributed by atoms with Gasteiger partial charge in [-0.05, 0) is 31.2 Å². The maximum Gasteiger partial charge on any atom is 0.0417 e. The van der Waals surface area contributed by atoms with E-state index in [-0.39, 0.29) is 0 Å². The normalized spacial score (nSPS) is 18.1. The SMILES string of the molecule is Cc1ccc(C=NCC2CCCCC2)cc1. The number of benzene rings is 1. The molecule has 0 unspecified atom stereocenters. The van der Waals surface area contributed by atoms with Crippen molar-refractivity contribution in [2.75, 3.05) is 6.54 Å². The van der Waals surface area contributed by atoms with Crippen LogP contribution in [0.15, 0.2) is 29.3 Å². The molecule has 1 aliphatic rings. The van der Waals surface area contributed by atoms with Gasteiger partial charge < -0.3 is 0 Å². The summed E-state index contributed by atoms with van der Waals surface area (Å²) in [4.78, 5) is 4.57. The van der Waals surface area contributed by atoms with Crippen LogP contribution in [-0.2, 0) is 0 Å². The number of aliphatic imine (C=N–C) groups is 1. The van der Waals surface area contributed by atoms with E-state index >= 15 is 0 Å². The van der Waals surface area contributed by atoms with Gasteiger partial charge in [0, 0.05) is 12.8 Å². The van der Waals surface area contributed by atoms with E-state index in [9.17, 15) is 0 Å². The van der Waals surface area contributed by atoms with E-state index in [0.717, 1.165) is 12.5 Å². The molecule has 1 saturated carbocycles. The van der Waals surface area contributed by atoms with Gasteiger partial charge in [0.05, 0.1) is 0 Å². The molecule has 16 heavy (non-hydrogen) atoms. The Morgan fingerprint density at radius 1 is 1.12 bits per heavy atom. The molecule has 2 rings (SSSR count). The van der Waals surface area contributed by atoms with Gasteiger partial charge in [0.15, 0.2) is 0 Å². The lowest BCUT2D eigenvalue weighted by Gasteiger charge is -2.19. The predicted molar refractivity (Wildman–Crippen MR) is 70.2 cm³/mol. The zero-order valence-electron chi connectivity index (χ0n) is 10.2. The van der Waals surface area contributed by atoms with Gasteiger partial charge in [-0.3, -0.25) is 4.99 Å². The zero-order chi connectivity index (χ0) is 11.2. The Balaban J connectivity index is 1.82. The van der Waals surface area contributed by atoms with Crippen molar-refractivity contribution in [2.45, 2.75) is 39.0 Å². The minimum atomic E-state index is 0.843.